The first-order chi connectivity index (χ1) is 18.2. The fourth-order valence-corrected chi connectivity index (χ4v) is 3.84. The molecule has 0 aliphatic carbocycles. The smallest absolute Gasteiger partial charge is 0.481 e. The number of hydrogen-bond donors (Lipinski definition) is 6. The average molecular weight is 594 g/mol. The number of carboxylic acid groups (broad SMARTS) is 3. The number of rotatable bonds is 10. The van der Waals surface area contributed by atoms with Gasteiger partial charge in [0.2, 0.25) is 5.91 Å². The Balaban J connectivity index is 0.00000101. The van der Waals surface area contributed by atoms with Crippen LogP contribution in [0.3, 0.4) is 0 Å². The van der Waals surface area contributed by atoms with Crippen LogP contribution in [0.4, 0.5) is 17.6 Å². The van der Waals surface area contributed by atoms with Gasteiger partial charge >= 0.3 is 30.1 Å². The molecule has 0 radical (unpaired) electrons. The summed E-state index contributed by atoms with van der Waals surface area (Å²) in [6.07, 6.45) is -5.73. The predicted molar refractivity (Wildman–Crippen MR) is 130 cm³/mol. The van der Waals surface area contributed by atoms with Crippen LogP contribution in [0.25, 0.3) is 0 Å². The predicted octanol–water partition coefficient (Wildman–Crippen LogP) is 2.64. The van der Waals surface area contributed by atoms with E-state index in [0.29, 0.717) is 4.88 Å². The molecule has 1 aromatic carbocycles. The van der Waals surface area contributed by atoms with Crippen LogP contribution in [0.1, 0.15) is 40.4 Å². The van der Waals surface area contributed by atoms with E-state index in [-0.39, 0.29) is 28.4 Å². The molecule has 2 rings (SSSR count). The molecule has 1 aromatic heterocycles. The van der Waals surface area contributed by atoms with Crippen LogP contribution in [0.5, 0.6) is 5.75 Å². The van der Waals surface area contributed by atoms with E-state index in [4.69, 9.17) is 36.0 Å². The molecule has 0 spiro atoms. The number of thiophene rings is 1. The largest absolute Gasteiger partial charge is 0.490 e. The standard InChI is InChI=1S/C21H22FN3O7S.C2HF3O2/c1-21(2,20(31)25-13(18(28)29)8-16(26)27)9-11-4-6-15(33-11)19(30)32-14-5-3-10(17(23)24)7-12(14)22;3-2(4,5)1(6)7/h3-7,13H,8-9H2,1-2H3,(H3,23,24)(H,25,31)(H,26,27)(H,28,29);(H,6,7)/t13-;/m0./s1. The number of halogens is 4. The number of carboxylic acids is 3. The van der Waals surface area contributed by atoms with Crippen molar-refractivity contribution in [3.8, 4) is 5.75 Å². The SMILES string of the molecule is CC(C)(Cc1ccc(C(=O)Oc2ccc(C(=N)N)cc2F)s1)C(=O)N[C@@H](CC(=O)O)C(=O)O.O=C(O)C(F)(F)F. The van der Waals surface area contributed by atoms with Gasteiger partial charge < -0.3 is 31.1 Å². The lowest BCUT2D eigenvalue weighted by atomic mass is 9.87. The highest BCUT2D eigenvalue weighted by molar-refractivity contribution is 7.14. The van der Waals surface area contributed by atoms with E-state index in [0.717, 1.165) is 17.4 Å². The van der Waals surface area contributed by atoms with E-state index in [1.807, 2.05) is 0 Å². The number of nitrogen functional groups attached to an aromatic ring is 1. The van der Waals surface area contributed by atoms with Crippen LogP contribution in [0, 0.1) is 16.6 Å². The topological polar surface area (TPSA) is 217 Å². The molecule has 1 atom stereocenters. The Morgan fingerprint density at radius 2 is 1.65 bits per heavy atom. The minimum atomic E-state index is -5.08. The third-order valence-corrected chi connectivity index (χ3v) is 5.83. The zero-order chi connectivity index (χ0) is 31.0. The number of amidine groups is 1. The Morgan fingerprint density at radius 1 is 1.07 bits per heavy atom. The number of aliphatic carboxylic acids is 3. The highest BCUT2D eigenvalue weighted by Gasteiger charge is 2.38. The molecule has 40 heavy (non-hydrogen) atoms. The molecule has 218 valence electrons. The van der Waals surface area contributed by atoms with Gasteiger partial charge in [0, 0.05) is 15.9 Å². The molecule has 2 aromatic rings. The first-order valence-corrected chi connectivity index (χ1v) is 11.6. The summed E-state index contributed by atoms with van der Waals surface area (Å²) < 4.78 is 50.9. The maximum Gasteiger partial charge on any atom is 0.490 e. The Kier molecular flexibility index (Phi) is 11.3. The number of carbonyl (C=O) groups excluding carboxylic acids is 2. The fraction of sp³-hybridized carbons (Fsp3) is 0.304. The van der Waals surface area contributed by atoms with Gasteiger partial charge in [0.05, 0.1) is 6.42 Å². The number of benzene rings is 1. The van der Waals surface area contributed by atoms with E-state index in [1.165, 1.54) is 18.2 Å². The van der Waals surface area contributed by atoms with Crippen molar-refractivity contribution in [1.29, 1.82) is 5.41 Å². The summed E-state index contributed by atoms with van der Waals surface area (Å²) in [5.41, 5.74) is 4.31. The van der Waals surface area contributed by atoms with E-state index >= 15 is 0 Å². The number of carbonyl (C=O) groups is 5. The number of ether oxygens (including phenoxy) is 1. The van der Waals surface area contributed by atoms with Gasteiger partial charge in [-0.1, -0.05) is 13.8 Å². The second-order valence-electron chi connectivity index (χ2n) is 8.54. The molecule has 0 saturated carbocycles. The minimum absolute atomic E-state index is 0.123. The molecule has 17 heteroatoms. The molecule has 0 aliphatic rings. The molecule has 0 fully saturated rings. The Hall–Kier alpha value is -4.54. The van der Waals surface area contributed by atoms with Crippen molar-refractivity contribution in [3.05, 3.63) is 51.5 Å². The molecule has 0 saturated heterocycles. The van der Waals surface area contributed by atoms with Gasteiger partial charge in [-0.25, -0.2) is 18.8 Å². The van der Waals surface area contributed by atoms with E-state index in [9.17, 15) is 36.7 Å². The highest BCUT2D eigenvalue weighted by Crippen LogP contribution is 2.28. The number of amides is 1. The van der Waals surface area contributed by atoms with Crippen LogP contribution in [0.2, 0.25) is 0 Å². The monoisotopic (exact) mass is 593 g/mol. The minimum Gasteiger partial charge on any atom is -0.481 e. The second-order valence-corrected chi connectivity index (χ2v) is 9.71. The lowest BCUT2D eigenvalue weighted by Gasteiger charge is -2.25. The van der Waals surface area contributed by atoms with Gasteiger partial charge in [-0.15, -0.1) is 11.3 Å². The molecule has 1 heterocycles. The molecule has 12 nitrogen and oxygen atoms in total. The van der Waals surface area contributed by atoms with Crippen molar-refractivity contribution in [3.63, 3.8) is 0 Å². The lowest BCUT2D eigenvalue weighted by Crippen LogP contribution is -2.48. The summed E-state index contributed by atoms with van der Waals surface area (Å²) in [4.78, 5) is 56.5. The quantitative estimate of drug-likeness (QED) is 0.0778. The average Bonchev–Trinajstić information content (AvgIpc) is 3.27. The van der Waals surface area contributed by atoms with Gasteiger partial charge in [0.1, 0.15) is 16.8 Å². The lowest BCUT2D eigenvalue weighted by molar-refractivity contribution is -0.192. The zero-order valence-corrected chi connectivity index (χ0v) is 21.5. The molecule has 0 bridgehead atoms. The third-order valence-electron chi connectivity index (χ3n) is 4.76. The van der Waals surface area contributed by atoms with Gasteiger partial charge in [0.25, 0.3) is 0 Å². The van der Waals surface area contributed by atoms with Crippen molar-refractivity contribution in [2.24, 2.45) is 11.1 Å². The highest BCUT2D eigenvalue weighted by atomic mass is 32.1. The van der Waals surface area contributed by atoms with Gasteiger partial charge in [-0.2, -0.15) is 13.2 Å². The molecular formula is C23H23F4N3O9S. The van der Waals surface area contributed by atoms with Crippen molar-refractivity contribution in [1.82, 2.24) is 5.32 Å². The Morgan fingerprint density at radius 3 is 2.10 bits per heavy atom. The van der Waals surface area contributed by atoms with E-state index in [1.54, 1.807) is 19.9 Å². The number of alkyl halides is 3. The number of nitrogens with two attached hydrogens (primary N) is 1. The zero-order valence-electron chi connectivity index (χ0n) is 20.7. The van der Waals surface area contributed by atoms with Crippen LogP contribution in [-0.2, 0) is 25.6 Å². The molecular weight excluding hydrogens is 570 g/mol. The van der Waals surface area contributed by atoms with E-state index in [2.05, 4.69) is 5.32 Å². The van der Waals surface area contributed by atoms with E-state index < -0.39 is 59.7 Å². The summed E-state index contributed by atoms with van der Waals surface area (Å²) in [5, 5.41) is 34.5. The maximum atomic E-state index is 14.1. The van der Waals surface area contributed by atoms with Crippen LogP contribution >= 0.6 is 11.3 Å². The molecule has 7 N–H and O–H groups in total. The Labute approximate surface area is 226 Å². The van der Waals surface area contributed by atoms with Crippen LogP contribution in [-0.4, -0.2) is 63.2 Å². The fourth-order valence-electron chi connectivity index (χ4n) is 2.73. The van der Waals surface area contributed by atoms with Crippen molar-refractivity contribution in [2.75, 3.05) is 0 Å². The van der Waals surface area contributed by atoms with Gasteiger partial charge in [0.15, 0.2) is 11.6 Å². The molecule has 1 amide bonds. The number of hydrogen-bond acceptors (Lipinski definition) is 8. The summed E-state index contributed by atoms with van der Waals surface area (Å²) in [6.45, 7) is 3.09. The number of esters is 1. The van der Waals surface area contributed by atoms with Gasteiger partial charge in [-0.05, 0) is 36.8 Å². The second kappa shape index (κ2) is 13.5. The molecule has 0 unspecified atom stereocenters. The summed E-state index contributed by atoms with van der Waals surface area (Å²) in [5.74, 6) is -8.61. The van der Waals surface area contributed by atoms with Crippen LogP contribution in [0.15, 0.2) is 30.3 Å². The van der Waals surface area contributed by atoms with Crippen molar-refractivity contribution in [2.45, 2.75) is 38.9 Å². The van der Waals surface area contributed by atoms with Crippen LogP contribution < -0.4 is 15.8 Å². The van der Waals surface area contributed by atoms with Crippen molar-refractivity contribution >= 4 is 47.0 Å². The number of nitrogens with one attached hydrogen (secondary N) is 2. The normalized spacial score (nSPS) is 11.8. The first kappa shape index (κ1) is 33.5. The van der Waals surface area contributed by atoms with Gasteiger partial charge in [-0.3, -0.25) is 15.0 Å². The summed E-state index contributed by atoms with van der Waals surface area (Å²) in [7, 11) is 0. The summed E-state index contributed by atoms with van der Waals surface area (Å²) >= 11 is 1.01. The molecule has 0 aliphatic heterocycles. The first-order valence-electron chi connectivity index (χ1n) is 10.7. The maximum absolute atomic E-state index is 14.1. The third kappa shape index (κ3) is 10.3. The van der Waals surface area contributed by atoms with Crippen molar-refractivity contribution < 1.29 is 61.6 Å². The summed E-state index contributed by atoms with van der Waals surface area (Å²) in [6, 6.07) is 4.94. The Bertz CT molecular complexity index is 1310.